The molecule has 146 valence electrons. The van der Waals surface area contributed by atoms with Gasteiger partial charge >= 0.3 is 0 Å². The van der Waals surface area contributed by atoms with Crippen molar-refractivity contribution in [3.05, 3.63) is 87.4 Å². The van der Waals surface area contributed by atoms with E-state index in [1.165, 1.54) is 12.1 Å². The van der Waals surface area contributed by atoms with E-state index in [2.05, 4.69) is 10.4 Å². The molecule has 1 atom stereocenters. The molecule has 0 aliphatic heterocycles. The highest BCUT2D eigenvalue weighted by molar-refractivity contribution is 6.31. The van der Waals surface area contributed by atoms with E-state index in [-0.39, 0.29) is 17.6 Å². The molecule has 6 heteroatoms. The highest BCUT2D eigenvalue weighted by atomic mass is 35.5. The molecule has 4 nitrogen and oxygen atoms in total. The molecular weight excluding hydrogens is 377 g/mol. The number of hydrogen-bond donors (Lipinski definition) is 1. The number of carbonyl (C=O) groups is 1. The molecule has 2 aromatic carbocycles. The molecule has 0 aliphatic rings. The summed E-state index contributed by atoms with van der Waals surface area (Å²) in [5.41, 5.74) is 4.36. The zero-order valence-corrected chi connectivity index (χ0v) is 16.9. The van der Waals surface area contributed by atoms with Gasteiger partial charge in [0.05, 0.1) is 23.0 Å². The number of halogens is 2. The predicted octanol–water partition coefficient (Wildman–Crippen LogP) is 4.87. The summed E-state index contributed by atoms with van der Waals surface area (Å²) in [7, 11) is 0. The van der Waals surface area contributed by atoms with Crippen molar-refractivity contribution in [2.45, 2.75) is 33.2 Å². The van der Waals surface area contributed by atoms with Crippen molar-refractivity contribution < 1.29 is 9.18 Å². The van der Waals surface area contributed by atoms with Crippen LogP contribution in [0, 0.1) is 19.7 Å². The Bertz CT molecular complexity index is 965. The summed E-state index contributed by atoms with van der Waals surface area (Å²) >= 11 is 6.19. The van der Waals surface area contributed by atoms with Crippen LogP contribution in [0.15, 0.2) is 48.5 Å². The maximum Gasteiger partial charge on any atom is 0.251 e. The first kappa shape index (κ1) is 20.1. The Morgan fingerprint density at radius 3 is 2.36 bits per heavy atom. The normalized spacial score (nSPS) is 12.0. The molecule has 1 N–H and O–H groups in total. The van der Waals surface area contributed by atoms with Crippen LogP contribution in [0.2, 0.25) is 5.02 Å². The Labute approximate surface area is 169 Å². The first-order valence-electron chi connectivity index (χ1n) is 9.17. The van der Waals surface area contributed by atoms with E-state index < -0.39 is 0 Å². The van der Waals surface area contributed by atoms with Crippen LogP contribution in [0.3, 0.4) is 0 Å². The average molecular weight is 400 g/mol. The van der Waals surface area contributed by atoms with Crippen LogP contribution in [-0.4, -0.2) is 22.2 Å². The van der Waals surface area contributed by atoms with E-state index in [1.807, 2.05) is 37.6 Å². The van der Waals surface area contributed by atoms with Crippen LogP contribution in [0.5, 0.6) is 0 Å². The molecule has 1 amide bonds. The van der Waals surface area contributed by atoms with Gasteiger partial charge in [-0.2, -0.15) is 5.10 Å². The standard InChI is InChI=1S/C22H23ClFN3O/c1-14(18-8-10-20(24)11-9-18)12-25-22(28)19-6-4-17(5-7-19)13-27-16(3)21(23)15(2)26-27/h4-11,14H,12-13H2,1-3H3,(H,25,28). The monoisotopic (exact) mass is 399 g/mol. The predicted molar refractivity (Wildman–Crippen MR) is 109 cm³/mol. The number of nitrogens with one attached hydrogen (secondary N) is 1. The van der Waals surface area contributed by atoms with Crippen LogP contribution in [0.4, 0.5) is 4.39 Å². The van der Waals surface area contributed by atoms with Crippen molar-refractivity contribution in [2.24, 2.45) is 0 Å². The number of carbonyl (C=O) groups excluding carboxylic acids is 1. The van der Waals surface area contributed by atoms with Gasteiger partial charge in [0.25, 0.3) is 5.91 Å². The van der Waals surface area contributed by atoms with Crippen molar-refractivity contribution in [1.82, 2.24) is 15.1 Å². The summed E-state index contributed by atoms with van der Waals surface area (Å²) < 4.78 is 14.9. The van der Waals surface area contributed by atoms with Gasteiger partial charge in [0.2, 0.25) is 0 Å². The van der Waals surface area contributed by atoms with Crippen molar-refractivity contribution in [3.63, 3.8) is 0 Å². The van der Waals surface area contributed by atoms with E-state index in [0.717, 1.165) is 22.5 Å². The molecule has 3 aromatic rings. The van der Waals surface area contributed by atoms with Crippen molar-refractivity contribution >= 4 is 17.5 Å². The van der Waals surface area contributed by atoms with E-state index in [1.54, 1.807) is 24.3 Å². The SMILES string of the molecule is Cc1nn(Cc2ccc(C(=O)NCC(C)c3ccc(F)cc3)cc2)c(C)c1Cl. The Hall–Kier alpha value is -2.66. The van der Waals surface area contributed by atoms with E-state index in [0.29, 0.717) is 23.7 Å². The Balaban J connectivity index is 1.58. The number of nitrogens with zero attached hydrogens (tertiary/aromatic N) is 2. The maximum atomic E-state index is 13.0. The van der Waals surface area contributed by atoms with Gasteiger partial charge in [-0.15, -0.1) is 0 Å². The summed E-state index contributed by atoms with van der Waals surface area (Å²) in [6.07, 6.45) is 0. The van der Waals surface area contributed by atoms with Crippen LogP contribution in [0.25, 0.3) is 0 Å². The number of rotatable bonds is 6. The van der Waals surface area contributed by atoms with Crippen molar-refractivity contribution in [3.8, 4) is 0 Å². The van der Waals surface area contributed by atoms with Crippen LogP contribution >= 0.6 is 11.6 Å². The van der Waals surface area contributed by atoms with Gasteiger partial charge in [-0.1, -0.05) is 42.8 Å². The quantitative estimate of drug-likeness (QED) is 0.642. The molecule has 28 heavy (non-hydrogen) atoms. The molecule has 0 saturated carbocycles. The van der Waals surface area contributed by atoms with Crippen molar-refractivity contribution in [2.75, 3.05) is 6.54 Å². The molecular formula is C22H23ClFN3O. The third-order valence-electron chi connectivity index (χ3n) is 4.85. The number of aromatic nitrogens is 2. The lowest BCUT2D eigenvalue weighted by Gasteiger charge is -2.13. The Kier molecular flexibility index (Phi) is 6.15. The molecule has 0 aliphatic carbocycles. The molecule has 3 rings (SSSR count). The molecule has 0 radical (unpaired) electrons. The number of hydrogen-bond acceptors (Lipinski definition) is 2. The van der Waals surface area contributed by atoms with Gasteiger partial charge in [-0.25, -0.2) is 4.39 Å². The molecule has 0 bridgehead atoms. The van der Waals surface area contributed by atoms with Gasteiger partial charge in [-0.3, -0.25) is 9.48 Å². The zero-order chi connectivity index (χ0) is 20.3. The summed E-state index contributed by atoms with van der Waals surface area (Å²) in [6.45, 7) is 6.90. The highest BCUT2D eigenvalue weighted by Crippen LogP contribution is 2.20. The number of aryl methyl sites for hydroxylation is 1. The number of benzene rings is 2. The van der Waals surface area contributed by atoms with Gasteiger partial charge in [0.1, 0.15) is 5.82 Å². The topological polar surface area (TPSA) is 46.9 Å². The highest BCUT2D eigenvalue weighted by Gasteiger charge is 2.12. The van der Waals surface area contributed by atoms with Crippen LogP contribution < -0.4 is 5.32 Å². The van der Waals surface area contributed by atoms with E-state index in [4.69, 9.17) is 11.6 Å². The fourth-order valence-corrected chi connectivity index (χ4v) is 3.16. The van der Waals surface area contributed by atoms with E-state index >= 15 is 0 Å². The minimum Gasteiger partial charge on any atom is -0.351 e. The summed E-state index contributed by atoms with van der Waals surface area (Å²) in [4.78, 5) is 12.4. The summed E-state index contributed by atoms with van der Waals surface area (Å²) in [5, 5.41) is 8.05. The lowest BCUT2D eigenvalue weighted by molar-refractivity contribution is 0.0951. The van der Waals surface area contributed by atoms with Gasteiger partial charge in [0.15, 0.2) is 0 Å². The second kappa shape index (κ2) is 8.57. The smallest absolute Gasteiger partial charge is 0.251 e. The number of amides is 1. The first-order valence-corrected chi connectivity index (χ1v) is 9.55. The summed E-state index contributed by atoms with van der Waals surface area (Å²) in [6, 6.07) is 13.8. The second-order valence-electron chi connectivity index (χ2n) is 7.00. The second-order valence-corrected chi connectivity index (χ2v) is 7.38. The van der Waals surface area contributed by atoms with Gasteiger partial charge in [-0.05, 0) is 55.2 Å². The largest absolute Gasteiger partial charge is 0.351 e. The van der Waals surface area contributed by atoms with Crippen LogP contribution in [0.1, 0.15) is 45.7 Å². The fourth-order valence-electron chi connectivity index (χ4n) is 3.02. The molecule has 1 heterocycles. The molecule has 1 aromatic heterocycles. The zero-order valence-electron chi connectivity index (χ0n) is 16.2. The third-order valence-corrected chi connectivity index (χ3v) is 5.40. The van der Waals surface area contributed by atoms with Crippen molar-refractivity contribution in [1.29, 1.82) is 0 Å². The minimum absolute atomic E-state index is 0.0969. The summed E-state index contributed by atoms with van der Waals surface area (Å²) in [5.74, 6) is -0.294. The Morgan fingerprint density at radius 2 is 1.79 bits per heavy atom. The molecule has 0 spiro atoms. The average Bonchev–Trinajstić information content (AvgIpc) is 2.93. The van der Waals surface area contributed by atoms with Crippen LogP contribution in [-0.2, 0) is 6.54 Å². The first-order chi connectivity index (χ1) is 13.3. The Morgan fingerprint density at radius 1 is 1.14 bits per heavy atom. The molecule has 0 fully saturated rings. The lowest BCUT2D eigenvalue weighted by Crippen LogP contribution is -2.27. The third kappa shape index (κ3) is 4.60. The molecule has 0 saturated heterocycles. The van der Waals surface area contributed by atoms with Gasteiger partial charge in [0, 0.05) is 12.1 Å². The van der Waals surface area contributed by atoms with Gasteiger partial charge < -0.3 is 5.32 Å². The fraction of sp³-hybridized carbons (Fsp3) is 0.273. The lowest BCUT2D eigenvalue weighted by atomic mass is 10.0. The van der Waals surface area contributed by atoms with E-state index in [9.17, 15) is 9.18 Å². The maximum absolute atomic E-state index is 13.0. The minimum atomic E-state index is -0.261. The molecule has 1 unspecified atom stereocenters.